The van der Waals surface area contributed by atoms with Crippen molar-refractivity contribution in [2.75, 3.05) is 5.32 Å². The molecule has 0 unspecified atom stereocenters. The molecule has 2 N–H and O–H groups in total. The molecule has 0 saturated heterocycles. The fourth-order valence-corrected chi connectivity index (χ4v) is 3.14. The van der Waals surface area contributed by atoms with E-state index in [-0.39, 0.29) is 23.1 Å². The van der Waals surface area contributed by atoms with Crippen molar-refractivity contribution in [3.63, 3.8) is 0 Å². The average Bonchev–Trinajstić information content (AvgIpc) is 2.67. The zero-order chi connectivity index (χ0) is 18.9. The van der Waals surface area contributed by atoms with Gasteiger partial charge in [-0.2, -0.15) is 0 Å². The summed E-state index contributed by atoms with van der Waals surface area (Å²) in [7, 11) is 0. The summed E-state index contributed by atoms with van der Waals surface area (Å²) in [5, 5.41) is 5.62. The van der Waals surface area contributed by atoms with Gasteiger partial charge in [-0.3, -0.25) is 9.59 Å². The number of benzene rings is 2. The summed E-state index contributed by atoms with van der Waals surface area (Å²) in [4.78, 5) is 25.0. The minimum Gasteiger partial charge on any atom is -0.350 e. The van der Waals surface area contributed by atoms with Crippen LogP contribution in [-0.2, 0) is 10.5 Å². The number of para-hydroxylation sites is 1. The number of thioether (sulfide) groups is 1. The highest BCUT2D eigenvalue weighted by atomic mass is 32.2. The molecule has 2 aromatic carbocycles. The summed E-state index contributed by atoms with van der Waals surface area (Å²) in [6.45, 7) is 5.86. The van der Waals surface area contributed by atoms with E-state index in [4.69, 9.17) is 0 Å². The lowest BCUT2D eigenvalue weighted by molar-refractivity contribution is -0.115. The first-order valence-corrected chi connectivity index (χ1v) is 9.92. The minimum absolute atomic E-state index is 0.0895. The molecule has 0 aliphatic carbocycles. The molecule has 0 spiro atoms. The van der Waals surface area contributed by atoms with Crippen LogP contribution in [0, 0.1) is 0 Å². The zero-order valence-corrected chi connectivity index (χ0v) is 16.3. The van der Waals surface area contributed by atoms with Crippen LogP contribution in [0.2, 0.25) is 0 Å². The van der Waals surface area contributed by atoms with E-state index in [1.165, 1.54) is 5.56 Å². The molecule has 0 aromatic heterocycles. The highest BCUT2D eigenvalue weighted by molar-refractivity contribution is 7.99. The maximum absolute atomic E-state index is 12.5. The average molecular weight is 371 g/mol. The first-order valence-electron chi connectivity index (χ1n) is 8.87. The first-order chi connectivity index (χ1) is 12.5. The monoisotopic (exact) mass is 370 g/mol. The van der Waals surface area contributed by atoms with E-state index in [0.29, 0.717) is 11.3 Å². The van der Waals surface area contributed by atoms with Gasteiger partial charge in [0.15, 0.2) is 0 Å². The zero-order valence-electron chi connectivity index (χ0n) is 15.5. The lowest BCUT2D eigenvalue weighted by atomic mass is 10.1. The van der Waals surface area contributed by atoms with Crippen LogP contribution in [0.5, 0.6) is 0 Å². The number of hydrogen-bond acceptors (Lipinski definition) is 3. The molecule has 0 aliphatic heterocycles. The van der Waals surface area contributed by atoms with Gasteiger partial charge in [0.25, 0.3) is 5.91 Å². The normalized spacial score (nSPS) is 12.9. The molecular weight excluding hydrogens is 344 g/mol. The molecular formula is C21H26N2O2S. The molecule has 2 atom stereocenters. The van der Waals surface area contributed by atoms with E-state index in [9.17, 15) is 9.59 Å². The topological polar surface area (TPSA) is 58.2 Å². The van der Waals surface area contributed by atoms with E-state index in [0.717, 1.165) is 12.2 Å². The van der Waals surface area contributed by atoms with Gasteiger partial charge in [0.1, 0.15) is 0 Å². The second-order valence-corrected chi connectivity index (χ2v) is 7.59. The van der Waals surface area contributed by atoms with Crippen LogP contribution in [0.25, 0.3) is 0 Å². The van der Waals surface area contributed by atoms with E-state index in [1.54, 1.807) is 30.0 Å². The van der Waals surface area contributed by atoms with Crippen LogP contribution in [0.4, 0.5) is 5.69 Å². The van der Waals surface area contributed by atoms with Gasteiger partial charge in [-0.05, 0) is 38.0 Å². The SMILES string of the molecule is CC[C@H](C)NC(=O)c1ccccc1NC(=O)[C@@H](C)SCc1ccccc1. The summed E-state index contributed by atoms with van der Waals surface area (Å²) >= 11 is 1.57. The molecule has 2 aromatic rings. The minimum atomic E-state index is -0.221. The van der Waals surface area contributed by atoms with Crippen LogP contribution in [0.15, 0.2) is 54.6 Å². The van der Waals surface area contributed by atoms with Crippen molar-refractivity contribution < 1.29 is 9.59 Å². The summed E-state index contributed by atoms with van der Waals surface area (Å²) in [5.41, 5.74) is 2.22. The predicted octanol–water partition coefficient (Wildman–Crippen LogP) is 4.48. The summed E-state index contributed by atoms with van der Waals surface area (Å²) in [6, 6.07) is 17.3. The Morgan fingerprint density at radius 2 is 1.65 bits per heavy atom. The van der Waals surface area contributed by atoms with Gasteiger partial charge in [-0.15, -0.1) is 11.8 Å². The van der Waals surface area contributed by atoms with Crippen LogP contribution >= 0.6 is 11.8 Å². The van der Waals surface area contributed by atoms with Gasteiger partial charge in [0.2, 0.25) is 5.91 Å². The van der Waals surface area contributed by atoms with Crippen molar-refractivity contribution >= 4 is 29.3 Å². The van der Waals surface area contributed by atoms with E-state index in [1.807, 2.05) is 57.2 Å². The Hall–Kier alpha value is -2.27. The van der Waals surface area contributed by atoms with Gasteiger partial charge in [-0.1, -0.05) is 49.4 Å². The molecule has 0 heterocycles. The maximum Gasteiger partial charge on any atom is 0.253 e. The van der Waals surface area contributed by atoms with Gasteiger partial charge in [0, 0.05) is 11.8 Å². The third-order valence-corrected chi connectivity index (χ3v) is 5.35. The Balaban J connectivity index is 1.98. The third kappa shape index (κ3) is 5.92. The number of rotatable bonds is 8. The highest BCUT2D eigenvalue weighted by Gasteiger charge is 2.18. The Morgan fingerprint density at radius 1 is 1.00 bits per heavy atom. The second kappa shape index (κ2) is 10.0. The molecule has 2 amide bonds. The van der Waals surface area contributed by atoms with E-state index < -0.39 is 0 Å². The number of carbonyl (C=O) groups is 2. The molecule has 0 aliphatic rings. The molecule has 0 radical (unpaired) electrons. The molecule has 0 saturated carbocycles. The van der Waals surface area contributed by atoms with Crippen LogP contribution in [0.3, 0.4) is 0 Å². The quantitative estimate of drug-likeness (QED) is 0.720. The predicted molar refractivity (Wildman–Crippen MR) is 109 cm³/mol. The Labute approximate surface area is 159 Å². The Kier molecular flexibility index (Phi) is 7.73. The number of amides is 2. The maximum atomic E-state index is 12.5. The number of carbonyl (C=O) groups excluding carboxylic acids is 2. The lowest BCUT2D eigenvalue weighted by Crippen LogP contribution is -2.33. The Morgan fingerprint density at radius 3 is 2.35 bits per heavy atom. The van der Waals surface area contributed by atoms with Crippen LogP contribution < -0.4 is 10.6 Å². The summed E-state index contributed by atoms with van der Waals surface area (Å²) < 4.78 is 0. The van der Waals surface area contributed by atoms with E-state index >= 15 is 0 Å². The van der Waals surface area contributed by atoms with Crippen molar-refractivity contribution in [3.05, 3.63) is 65.7 Å². The van der Waals surface area contributed by atoms with Crippen molar-refractivity contribution in [2.45, 2.75) is 44.2 Å². The van der Waals surface area contributed by atoms with Crippen molar-refractivity contribution in [1.82, 2.24) is 5.32 Å². The van der Waals surface area contributed by atoms with Gasteiger partial charge < -0.3 is 10.6 Å². The first kappa shape index (κ1) is 20.0. The second-order valence-electron chi connectivity index (χ2n) is 6.26. The number of hydrogen-bond donors (Lipinski definition) is 2. The van der Waals surface area contributed by atoms with Crippen molar-refractivity contribution in [2.24, 2.45) is 0 Å². The molecule has 26 heavy (non-hydrogen) atoms. The standard InChI is InChI=1S/C21H26N2O2S/c1-4-15(2)22-21(25)18-12-8-9-13-19(18)23-20(24)16(3)26-14-17-10-6-5-7-11-17/h5-13,15-16H,4,14H2,1-3H3,(H,22,25)(H,23,24)/t15-,16+/m0/s1. The fourth-order valence-electron chi connectivity index (χ4n) is 2.30. The molecule has 0 bridgehead atoms. The van der Waals surface area contributed by atoms with Gasteiger partial charge in [0.05, 0.1) is 16.5 Å². The number of nitrogens with one attached hydrogen (secondary N) is 2. The molecule has 138 valence electrons. The van der Waals surface area contributed by atoms with E-state index in [2.05, 4.69) is 10.6 Å². The van der Waals surface area contributed by atoms with Gasteiger partial charge in [-0.25, -0.2) is 0 Å². The van der Waals surface area contributed by atoms with Crippen molar-refractivity contribution in [3.8, 4) is 0 Å². The summed E-state index contributed by atoms with van der Waals surface area (Å²) in [6.07, 6.45) is 0.855. The van der Waals surface area contributed by atoms with Crippen LogP contribution in [-0.4, -0.2) is 23.1 Å². The molecule has 2 rings (SSSR count). The number of anilines is 1. The molecule has 4 nitrogen and oxygen atoms in total. The lowest BCUT2D eigenvalue weighted by Gasteiger charge is -2.16. The van der Waals surface area contributed by atoms with Crippen molar-refractivity contribution in [1.29, 1.82) is 0 Å². The fraction of sp³-hybridized carbons (Fsp3) is 0.333. The Bertz CT molecular complexity index is 734. The molecule has 0 fully saturated rings. The smallest absolute Gasteiger partial charge is 0.253 e. The molecule has 5 heteroatoms. The summed E-state index contributed by atoms with van der Waals surface area (Å²) in [5.74, 6) is 0.500. The van der Waals surface area contributed by atoms with Crippen LogP contribution in [0.1, 0.15) is 43.1 Å². The largest absolute Gasteiger partial charge is 0.350 e. The van der Waals surface area contributed by atoms with Gasteiger partial charge >= 0.3 is 0 Å². The highest BCUT2D eigenvalue weighted by Crippen LogP contribution is 2.21. The third-order valence-electron chi connectivity index (χ3n) is 4.13.